The number of aliphatic carboxylic acids is 1. The first kappa shape index (κ1) is 9.42. The number of carboxylic acids is 1. The van der Waals surface area contributed by atoms with E-state index in [-0.39, 0.29) is 12.4 Å². The molecule has 0 fully saturated rings. The maximum Gasteiger partial charge on any atom is 0.343 e. The Morgan fingerprint density at radius 1 is 1.80 bits per heavy atom. The standard InChI is InChI=1S/C5H7NO3.ClH/c7-5(8)4-2-1-3-6-9-4;/h1-2,4,6H,3H2,(H,7,8);1H/t4-;/m0./s1. The van der Waals surface area contributed by atoms with Gasteiger partial charge in [0, 0.05) is 0 Å². The van der Waals surface area contributed by atoms with E-state index in [1.165, 1.54) is 11.6 Å². The van der Waals surface area contributed by atoms with Gasteiger partial charge in [0.15, 0.2) is 0 Å². The Morgan fingerprint density at radius 3 is 2.80 bits per heavy atom. The van der Waals surface area contributed by atoms with Gasteiger partial charge in [-0.05, 0) is 12.2 Å². The molecule has 3 N–H and O–H groups in total. The Kier molecular flexibility index (Phi) is 4.02. The molecule has 0 radical (unpaired) electrons. The van der Waals surface area contributed by atoms with Crippen LogP contribution in [0.3, 0.4) is 0 Å². The van der Waals surface area contributed by atoms with Gasteiger partial charge in [-0.1, -0.05) is 0 Å². The van der Waals surface area contributed by atoms with Crippen molar-refractivity contribution in [3.05, 3.63) is 12.2 Å². The van der Waals surface area contributed by atoms with Crippen molar-refractivity contribution in [3.63, 3.8) is 0 Å². The molecule has 0 saturated heterocycles. The number of nitrogens with two attached hydrogens (primary N) is 1. The van der Waals surface area contributed by atoms with Crippen LogP contribution < -0.4 is 17.9 Å². The number of rotatable bonds is 1. The first-order valence-corrected chi connectivity index (χ1v) is 2.67. The summed E-state index contributed by atoms with van der Waals surface area (Å²) in [6.07, 6.45) is 2.53. The zero-order chi connectivity index (χ0) is 6.69. The molecule has 10 heavy (non-hydrogen) atoms. The molecule has 0 aliphatic carbocycles. The lowest BCUT2D eigenvalue weighted by Crippen LogP contribution is -3.00. The largest absolute Gasteiger partial charge is 1.00 e. The summed E-state index contributed by atoms with van der Waals surface area (Å²) >= 11 is 0. The van der Waals surface area contributed by atoms with Crippen LogP contribution in [0.15, 0.2) is 12.2 Å². The first-order chi connectivity index (χ1) is 4.30. The van der Waals surface area contributed by atoms with Crippen LogP contribution in [-0.2, 0) is 9.63 Å². The van der Waals surface area contributed by atoms with E-state index in [9.17, 15) is 4.79 Å². The highest BCUT2D eigenvalue weighted by atomic mass is 35.5. The van der Waals surface area contributed by atoms with E-state index in [2.05, 4.69) is 0 Å². The smallest absolute Gasteiger partial charge is 0.343 e. The third-order valence-corrected chi connectivity index (χ3v) is 1.03. The minimum Gasteiger partial charge on any atom is -1.00 e. The van der Waals surface area contributed by atoms with Gasteiger partial charge in [0.25, 0.3) is 0 Å². The monoisotopic (exact) mass is 165 g/mol. The molecule has 0 aromatic heterocycles. The molecule has 0 bridgehead atoms. The van der Waals surface area contributed by atoms with Crippen molar-refractivity contribution in [3.8, 4) is 0 Å². The van der Waals surface area contributed by atoms with Crippen molar-refractivity contribution in [2.75, 3.05) is 6.54 Å². The number of hydrogen-bond acceptors (Lipinski definition) is 2. The van der Waals surface area contributed by atoms with Gasteiger partial charge in [-0.2, -0.15) is 10.3 Å². The van der Waals surface area contributed by atoms with Crippen LogP contribution in [0.25, 0.3) is 0 Å². The summed E-state index contributed by atoms with van der Waals surface area (Å²) in [6, 6.07) is 0. The van der Waals surface area contributed by atoms with Gasteiger partial charge < -0.3 is 17.5 Å². The molecule has 1 rings (SSSR count). The summed E-state index contributed by atoms with van der Waals surface area (Å²) in [6.45, 7) is 0.698. The third kappa shape index (κ3) is 2.34. The molecule has 1 aliphatic heterocycles. The molecular weight excluding hydrogens is 158 g/mol. The lowest BCUT2D eigenvalue weighted by atomic mass is 10.3. The van der Waals surface area contributed by atoms with Crippen molar-refractivity contribution in [2.45, 2.75) is 6.10 Å². The van der Waals surface area contributed by atoms with Crippen molar-refractivity contribution < 1.29 is 32.6 Å². The maximum atomic E-state index is 10.2. The van der Waals surface area contributed by atoms with Crippen LogP contribution in [-0.4, -0.2) is 23.7 Å². The summed E-state index contributed by atoms with van der Waals surface area (Å²) in [7, 11) is 0. The van der Waals surface area contributed by atoms with Crippen molar-refractivity contribution >= 4 is 5.97 Å². The molecule has 1 aliphatic rings. The lowest BCUT2D eigenvalue weighted by molar-refractivity contribution is -0.896. The third-order valence-electron chi connectivity index (χ3n) is 1.03. The Bertz CT molecular complexity index is 148. The predicted molar refractivity (Wildman–Crippen MR) is 28.4 cm³/mol. The molecule has 5 heteroatoms. The van der Waals surface area contributed by atoms with Gasteiger partial charge in [-0.25, -0.2) is 4.79 Å². The minimum atomic E-state index is -0.942. The highest BCUT2D eigenvalue weighted by Crippen LogP contribution is 1.91. The second-order valence-corrected chi connectivity index (χ2v) is 1.73. The van der Waals surface area contributed by atoms with E-state index in [4.69, 9.17) is 9.94 Å². The first-order valence-electron chi connectivity index (χ1n) is 2.67. The van der Waals surface area contributed by atoms with Crippen molar-refractivity contribution in [1.82, 2.24) is 0 Å². The van der Waals surface area contributed by atoms with Crippen molar-refractivity contribution in [1.29, 1.82) is 0 Å². The molecule has 1 heterocycles. The maximum absolute atomic E-state index is 10.2. The fourth-order valence-corrected chi connectivity index (χ4v) is 0.603. The number of quaternary nitrogens is 1. The van der Waals surface area contributed by atoms with Gasteiger partial charge in [0.05, 0.1) is 0 Å². The quantitative estimate of drug-likeness (QED) is 0.385. The number of halogens is 1. The highest BCUT2D eigenvalue weighted by Gasteiger charge is 2.18. The molecule has 4 nitrogen and oxygen atoms in total. The van der Waals surface area contributed by atoms with Gasteiger partial charge in [-0.15, -0.1) is 0 Å². The summed E-state index contributed by atoms with van der Waals surface area (Å²) in [4.78, 5) is 14.9. The lowest BCUT2D eigenvalue weighted by Gasteiger charge is -2.08. The molecule has 0 aromatic rings. The zero-order valence-corrected chi connectivity index (χ0v) is 5.91. The normalized spacial score (nSPS) is 23.4. The molecule has 0 saturated carbocycles. The van der Waals surface area contributed by atoms with Crippen LogP contribution in [0.4, 0.5) is 0 Å². The highest BCUT2D eigenvalue weighted by molar-refractivity contribution is 5.74. The topological polar surface area (TPSA) is 63.1 Å². The molecule has 1 atom stereocenters. The number of carbonyl (C=O) groups is 1. The Labute approximate surface area is 64.2 Å². The van der Waals surface area contributed by atoms with Crippen LogP contribution in [0.5, 0.6) is 0 Å². The molecule has 0 unspecified atom stereocenters. The van der Waals surface area contributed by atoms with Crippen LogP contribution in [0.2, 0.25) is 0 Å². The Balaban J connectivity index is 0.000000810. The number of hydrogen-bond donors (Lipinski definition) is 2. The van der Waals surface area contributed by atoms with E-state index in [0.29, 0.717) is 6.54 Å². The van der Waals surface area contributed by atoms with Gasteiger partial charge in [-0.3, -0.25) is 0 Å². The number of hydroxylamine groups is 1. The van der Waals surface area contributed by atoms with Gasteiger partial charge in [0.1, 0.15) is 6.54 Å². The predicted octanol–water partition coefficient (Wildman–Crippen LogP) is -4.49. The summed E-state index contributed by atoms with van der Waals surface area (Å²) in [5.74, 6) is -0.942. The molecule has 0 amide bonds. The van der Waals surface area contributed by atoms with E-state index < -0.39 is 12.1 Å². The Morgan fingerprint density at radius 2 is 2.50 bits per heavy atom. The second-order valence-electron chi connectivity index (χ2n) is 1.73. The summed E-state index contributed by atoms with van der Waals surface area (Å²) in [5.41, 5.74) is 1.48. The molecule has 58 valence electrons. The summed E-state index contributed by atoms with van der Waals surface area (Å²) < 4.78 is 0. The van der Waals surface area contributed by atoms with E-state index >= 15 is 0 Å². The SMILES string of the molecule is O=C(O)[C@@H]1C=CC[NH2+]O1.[Cl-]. The zero-order valence-electron chi connectivity index (χ0n) is 5.16. The molecule has 0 spiro atoms. The van der Waals surface area contributed by atoms with E-state index in [0.717, 1.165) is 0 Å². The Hall–Kier alpha value is -0.580. The van der Waals surface area contributed by atoms with Crippen molar-refractivity contribution in [2.24, 2.45) is 0 Å². The van der Waals surface area contributed by atoms with E-state index in [1.54, 1.807) is 6.08 Å². The molecule has 0 aromatic carbocycles. The summed E-state index contributed by atoms with van der Waals surface area (Å²) in [5, 5.41) is 8.34. The minimum absolute atomic E-state index is 0. The van der Waals surface area contributed by atoms with E-state index in [1.807, 2.05) is 0 Å². The van der Waals surface area contributed by atoms with Gasteiger partial charge >= 0.3 is 5.97 Å². The fraction of sp³-hybridized carbons (Fsp3) is 0.400. The van der Waals surface area contributed by atoms with Crippen LogP contribution in [0, 0.1) is 0 Å². The molecular formula is C5H8ClNO3. The second kappa shape index (κ2) is 4.27. The number of carboxylic acid groups (broad SMARTS) is 1. The van der Waals surface area contributed by atoms with Crippen LogP contribution in [0.1, 0.15) is 0 Å². The van der Waals surface area contributed by atoms with Gasteiger partial charge in [0.2, 0.25) is 6.10 Å². The fourth-order valence-electron chi connectivity index (χ4n) is 0.603. The van der Waals surface area contributed by atoms with Crippen LogP contribution >= 0.6 is 0 Å². The average Bonchev–Trinajstić information content (AvgIpc) is 1.90. The average molecular weight is 166 g/mol.